The fraction of sp³-hybridized carbons (Fsp3) is 0.294. The highest BCUT2D eigenvalue weighted by Crippen LogP contribution is 2.39. The molecule has 1 aliphatic rings. The minimum Gasteiger partial charge on any atom is -0.504 e. The van der Waals surface area contributed by atoms with Crippen molar-refractivity contribution in [2.75, 3.05) is 19.0 Å². The van der Waals surface area contributed by atoms with Crippen LogP contribution in [0, 0.1) is 0 Å². The van der Waals surface area contributed by atoms with Gasteiger partial charge in [-0.05, 0) is 37.0 Å². The lowest BCUT2D eigenvalue weighted by molar-refractivity contribution is 0.142. The van der Waals surface area contributed by atoms with Gasteiger partial charge in [0.15, 0.2) is 5.75 Å². The van der Waals surface area contributed by atoms with Gasteiger partial charge in [-0.25, -0.2) is 4.79 Å². The molecule has 0 aliphatic heterocycles. The van der Waals surface area contributed by atoms with Gasteiger partial charge in [-0.3, -0.25) is 4.79 Å². The molecule has 7 nitrogen and oxygen atoms in total. The van der Waals surface area contributed by atoms with E-state index in [4.69, 9.17) is 5.11 Å². The maximum atomic E-state index is 12.1. The lowest BCUT2D eigenvalue weighted by atomic mass is 10.00. The Labute approximate surface area is 138 Å². The van der Waals surface area contributed by atoms with Crippen LogP contribution in [0.2, 0.25) is 0 Å². The Morgan fingerprint density at radius 3 is 2.71 bits per heavy atom. The number of aryl methyl sites for hydroxylation is 1. The van der Waals surface area contributed by atoms with Crippen LogP contribution in [-0.2, 0) is 12.8 Å². The van der Waals surface area contributed by atoms with Gasteiger partial charge in [-0.15, -0.1) is 0 Å². The summed E-state index contributed by atoms with van der Waals surface area (Å²) in [6.07, 6.45) is 0.436. The summed E-state index contributed by atoms with van der Waals surface area (Å²) >= 11 is 0. The van der Waals surface area contributed by atoms with Crippen molar-refractivity contribution in [2.24, 2.45) is 0 Å². The minimum atomic E-state index is -1.64. The maximum absolute atomic E-state index is 12.1. The van der Waals surface area contributed by atoms with Crippen LogP contribution in [0.5, 0.6) is 11.5 Å². The number of fused-ring (bicyclic) bond motifs is 3. The van der Waals surface area contributed by atoms with Gasteiger partial charge >= 0.3 is 6.16 Å². The third kappa shape index (κ3) is 2.68. The second kappa shape index (κ2) is 5.92. The number of ether oxygens (including phenoxy) is 1. The Kier molecular flexibility index (Phi) is 3.92. The van der Waals surface area contributed by atoms with Crippen molar-refractivity contribution in [3.8, 4) is 22.8 Å². The van der Waals surface area contributed by atoms with Crippen LogP contribution in [-0.4, -0.2) is 35.4 Å². The van der Waals surface area contributed by atoms with E-state index in [-0.39, 0.29) is 0 Å². The van der Waals surface area contributed by atoms with Crippen molar-refractivity contribution in [1.29, 1.82) is 0 Å². The van der Waals surface area contributed by atoms with Gasteiger partial charge in [0.05, 0.1) is 5.69 Å². The molecule has 0 atom stereocenters. The number of hydrogen-bond donors (Lipinski definition) is 3. The fourth-order valence-electron chi connectivity index (χ4n) is 3.03. The zero-order valence-corrected chi connectivity index (χ0v) is 13.4. The zero-order chi connectivity index (χ0) is 17.4. The van der Waals surface area contributed by atoms with E-state index in [2.05, 4.69) is 15.8 Å². The molecule has 1 aliphatic carbocycles. The molecule has 24 heavy (non-hydrogen) atoms. The van der Waals surface area contributed by atoms with Crippen LogP contribution >= 0.6 is 0 Å². The number of aromatic amines is 1. The summed E-state index contributed by atoms with van der Waals surface area (Å²) in [7, 11) is 3.91. The number of anilines is 1. The molecule has 3 N–H and O–H groups in total. The monoisotopic (exact) mass is 330 g/mol. The Morgan fingerprint density at radius 1 is 1.29 bits per heavy atom. The van der Waals surface area contributed by atoms with E-state index in [0.717, 1.165) is 29.7 Å². The highest BCUT2D eigenvalue weighted by atomic mass is 16.7. The van der Waals surface area contributed by atoms with Crippen molar-refractivity contribution >= 4 is 11.8 Å². The van der Waals surface area contributed by atoms with Gasteiger partial charge in [0, 0.05) is 30.9 Å². The highest BCUT2D eigenvalue weighted by Gasteiger charge is 2.24. The molecule has 126 valence electrons. The van der Waals surface area contributed by atoms with E-state index in [1.54, 1.807) is 0 Å². The van der Waals surface area contributed by atoms with E-state index in [0.29, 0.717) is 17.7 Å². The summed E-state index contributed by atoms with van der Waals surface area (Å²) in [5, 5.41) is 19.1. The van der Waals surface area contributed by atoms with Gasteiger partial charge in [0.25, 0.3) is 5.56 Å². The summed E-state index contributed by atoms with van der Waals surface area (Å²) in [4.78, 5) is 27.5. The third-order valence-corrected chi connectivity index (χ3v) is 4.18. The summed E-state index contributed by atoms with van der Waals surface area (Å²) < 4.78 is 4.44. The molecular weight excluding hydrogens is 312 g/mol. The summed E-state index contributed by atoms with van der Waals surface area (Å²) in [5.41, 5.74) is 3.22. The average molecular weight is 330 g/mol. The van der Waals surface area contributed by atoms with Crippen molar-refractivity contribution < 1.29 is 19.7 Å². The van der Waals surface area contributed by atoms with Crippen molar-refractivity contribution in [3.63, 3.8) is 0 Å². The number of aromatic nitrogens is 1. The van der Waals surface area contributed by atoms with E-state index < -0.39 is 23.2 Å². The first kappa shape index (κ1) is 15.9. The smallest absolute Gasteiger partial charge is 0.504 e. The van der Waals surface area contributed by atoms with Crippen molar-refractivity contribution in [3.05, 3.63) is 39.7 Å². The SMILES string of the molecule is CN(C)c1ccc2c(c1)CCCc1c-2[nH]c(=O)c(OC(=O)O)c1O. The fourth-order valence-corrected chi connectivity index (χ4v) is 3.03. The number of H-pyrrole nitrogens is 1. The minimum absolute atomic E-state index is 0.402. The molecule has 0 radical (unpaired) electrons. The molecule has 1 heterocycles. The number of nitrogens with one attached hydrogen (secondary N) is 1. The standard InChI is InChI=1S/C17H18N2O5/c1-19(2)10-6-7-11-9(8-10)4-3-5-12-13(11)18-16(21)15(14(12)20)24-17(22)23/h6-8H,3-5H2,1-2H3,(H,22,23)(H2,18,20,21). The molecule has 2 aromatic rings. The molecule has 0 amide bonds. The summed E-state index contributed by atoms with van der Waals surface area (Å²) in [6.45, 7) is 0. The van der Waals surface area contributed by atoms with E-state index >= 15 is 0 Å². The molecule has 0 saturated carbocycles. The van der Waals surface area contributed by atoms with Gasteiger partial charge in [-0.1, -0.05) is 6.07 Å². The summed E-state index contributed by atoms with van der Waals surface area (Å²) in [5.74, 6) is -0.977. The number of nitrogens with zero attached hydrogens (tertiary/aromatic N) is 1. The van der Waals surface area contributed by atoms with E-state index in [9.17, 15) is 14.7 Å². The first-order valence-electron chi connectivity index (χ1n) is 7.58. The number of aromatic hydroxyl groups is 1. The highest BCUT2D eigenvalue weighted by molar-refractivity contribution is 5.75. The molecule has 0 fully saturated rings. The first-order valence-corrected chi connectivity index (χ1v) is 7.58. The zero-order valence-electron chi connectivity index (χ0n) is 13.4. The number of rotatable bonds is 2. The molecule has 0 spiro atoms. The van der Waals surface area contributed by atoms with Crippen LogP contribution in [0.3, 0.4) is 0 Å². The molecule has 1 aromatic heterocycles. The molecular formula is C17H18N2O5. The quantitative estimate of drug-likeness (QED) is 0.731. The topological polar surface area (TPSA) is 103 Å². The largest absolute Gasteiger partial charge is 0.511 e. The van der Waals surface area contributed by atoms with Crippen LogP contribution < -0.4 is 15.2 Å². The molecule has 7 heteroatoms. The average Bonchev–Trinajstić information content (AvgIpc) is 2.70. The van der Waals surface area contributed by atoms with Crippen LogP contribution in [0.4, 0.5) is 10.5 Å². The Morgan fingerprint density at radius 2 is 2.04 bits per heavy atom. The van der Waals surface area contributed by atoms with Gasteiger partial charge < -0.3 is 24.8 Å². The lowest BCUT2D eigenvalue weighted by Crippen LogP contribution is -2.17. The van der Waals surface area contributed by atoms with Gasteiger partial charge in [-0.2, -0.15) is 0 Å². The number of benzene rings is 1. The Balaban J connectivity index is 2.20. The van der Waals surface area contributed by atoms with Crippen molar-refractivity contribution in [2.45, 2.75) is 19.3 Å². The predicted octanol–water partition coefficient (Wildman–Crippen LogP) is 2.36. The number of carbonyl (C=O) groups is 1. The number of hydrogen-bond acceptors (Lipinski definition) is 5. The second-order valence-electron chi connectivity index (χ2n) is 5.94. The van der Waals surface area contributed by atoms with E-state index in [1.165, 1.54) is 0 Å². The Bertz CT molecular complexity index is 870. The van der Waals surface area contributed by atoms with Crippen molar-refractivity contribution in [1.82, 2.24) is 4.98 Å². The molecule has 3 rings (SSSR count). The maximum Gasteiger partial charge on any atom is 0.511 e. The number of pyridine rings is 1. The lowest BCUT2D eigenvalue weighted by Gasteiger charge is -2.16. The summed E-state index contributed by atoms with van der Waals surface area (Å²) in [6, 6.07) is 5.90. The molecule has 0 unspecified atom stereocenters. The molecule has 1 aromatic carbocycles. The van der Waals surface area contributed by atoms with E-state index in [1.807, 2.05) is 31.1 Å². The van der Waals surface area contributed by atoms with Crippen LogP contribution in [0.25, 0.3) is 11.3 Å². The second-order valence-corrected chi connectivity index (χ2v) is 5.94. The van der Waals surface area contributed by atoms with Crippen LogP contribution in [0.15, 0.2) is 23.0 Å². The predicted molar refractivity (Wildman–Crippen MR) is 89.2 cm³/mol. The molecule has 0 bridgehead atoms. The first-order chi connectivity index (χ1) is 11.4. The molecule has 0 saturated heterocycles. The number of carboxylic acid groups (broad SMARTS) is 1. The third-order valence-electron chi connectivity index (χ3n) is 4.18. The normalized spacial score (nSPS) is 12.8. The van der Waals surface area contributed by atoms with Gasteiger partial charge in [0.2, 0.25) is 5.75 Å². The Hall–Kier alpha value is -2.96. The van der Waals surface area contributed by atoms with Crippen LogP contribution in [0.1, 0.15) is 17.5 Å². The van der Waals surface area contributed by atoms with Gasteiger partial charge in [0.1, 0.15) is 0 Å².